The van der Waals surface area contributed by atoms with Gasteiger partial charge in [-0.25, -0.2) is 4.98 Å². The van der Waals surface area contributed by atoms with Crippen LogP contribution in [0.4, 0.5) is 19.0 Å². The Balaban J connectivity index is 3.43. The Bertz CT molecular complexity index is 388. The molecule has 3 nitrogen and oxygen atoms in total. The molecule has 0 unspecified atom stereocenters. The third-order valence-electron chi connectivity index (χ3n) is 2.12. The molecule has 0 atom stereocenters. The van der Waals surface area contributed by atoms with Crippen molar-refractivity contribution in [3.05, 3.63) is 17.3 Å². The zero-order chi connectivity index (χ0) is 12.5. The second kappa shape index (κ2) is 4.19. The molecule has 0 saturated heterocycles. The molecule has 0 aliphatic heterocycles. The summed E-state index contributed by atoms with van der Waals surface area (Å²) in [6, 6.07) is 0.887. The van der Waals surface area contributed by atoms with Crippen molar-refractivity contribution in [2.24, 2.45) is 0 Å². The Labute approximate surface area is 91.4 Å². The maximum atomic E-state index is 12.7. The van der Waals surface area contributed by atoms with E-state index >= 15 is 0 Å². The summed E-state index contributed by atoms with van der Waals surface area (Å²) in [5.41, 5.74) is 4.62. The largest absolute Gasteiger partial charge is 0.493 e. The molecule has 1 aromatic rings. The number of nitrogens with zero attached hydrogens (tertiary/aromatic N) is 1. The molecule has 90 valence electrons. The van der Waals surface area contributed by atoms with E-state index in [1.54, 1.807) is 13.8 Å². The Morgan fingerprint density at radius 3 is 2.31 bits per heavy atom. The maximum Gasteiger partial charge on any atom is 0.418 e. The van der Waals surface area contributed by atoms with Gasteiger partial charge in [0.25, 0.3) is 0 Å². The normalized spacial score (nSPS) is 11.9. The number of hydrogen-bond acceptors (Lipinski definition) is 3. The summed E-state index contributed by atoms with van der Waals surface area (Å²) >= 11 is 0. The first-order valence-electron chi connectivity index (χ1n) is 4.69. The van der Waals surface area contributed by atoms with Gasteiger partial charge in [0.15, 0.2) is 11.6 Å². The van der Waals surface area contributed by atoms with Crippen molar-refractivity contribution in [3.63, 3.8) is 0 Å². The Morgan fingerprint density at radius 2 is 1.94 bits per heavy atom. The monoisotopic (exact) mass is 234 g/mol. The van der Waals surface area contributed by atoms with Crippen molar-refractivity contribution >= 4 is 5.82 Å². The molecule has 0 aliphatic rings. The predicted molar refractivity (Wildman–Crippen MR) is 54.3 cm³/mol. The van der Waals surface area contributed by atoms with Crippen molar-refractivity contribution in [2.45, 2.75) is 25.9 Å². The average molecular weight is 234 g/mol. The highest BCUT2D eigenvalue weighted by atomic mass is 19.4. The number of ether oxygens (including phenoxy) is 1. The van der Waals surface area contributed by atoms with Crippen molar-refractivity contribution in [2.75, 3.05) is 12.8 Å². The third kappa shape index (κ3) is 2.37. The van der Waals surface area contributed by atoms with Crippen LogP contribution in [0.5, 0.6) is 5.75 Å². The first-order chi connectivity index (χ1) is 7.27. The van der Waals surface area contributed by atoms with Crippen molar-refractivity contribution < 1.29 is 17.9 Å². The van der Waals surface area contributed by atoms with Crippen LogP contribution in [-0.2, 0) is 6.18 Å². The minimum Gasteiger partial charge on any atom is -0.493 e. The Morgan fingerprint density at radius 1 is 1.38 bits per heavy atom. The van der Waals surface area contributed by atoms with Gasteiger partial charge >= 0.3 is 6.18 Å². The van der Waals surface area contributed by atoms with Crippen LogP contribution in [0.3, 0.4) is 0 Å². The van der Waals surface area contributed by atoms with E-state index in [0.717, 1.165) is 6.07 Å². The third-order valence-corrected chi connectivity index (χ3v) is 2.12. The topological polar surface area (TPSA) is 48.1 Å². The second-order valence-electron chi connectivity index (χ2n) is 3.66. The van der Waals surface area contributed by atoms with Crippen LogP contribution >= 0.6 is 0 Å². The molecule has 6 heteroatoms. The highest BCUT2D eigenvalue weighted by molar-refractivity contribution is 5.50. The zero-order valence-electron chi connectivity index (χ0n) is 9.22. The molecule has 0 spiro atoms. The van der Waals surface area contributed by atoms with Crippen LogP contribution in [0, 0.1) is 0 Å². The number of hydrogen-bond donors (Lipinski definition) is 1. The van der Waals surface area contributed by atoms with E-state index in [1.165, 1.54) is 7.11 Å². The summed E-state index contributed by atoms with van der Waals surface area (Å²) in [6.07, 6.45) is -4.45. The van der Waals surface area contributed by atoms with E-state index in [0.29, 0.717) is 0 Å². The van der Waals surface area contributed by atoms with E-state index in [-0.39, 0.29) is 23.2 Å². The quantitative estimate of drug-likeness (QED) is 0.855. The number of rotatable bonds is 2. The molecule has 0 fully saturated rings. The molecule has 1 heterocycles. The van der Waals surface area contributed by atoms with Crippen LogP contribution in [-0.4, -0.2) is 12.1 Å². The fourth-order valence-electron chi connectivity index (χ4n) is 1.35. The predicted octanol–water partition coefficient (Wildman–Crippen LogP) is 2.81. The van der Waals surface area contributed by atoms with E-state index in [2.05, 4.69) is 4.98 Å². The molecule has 0 saturated carbocycles. The smallest absolute Gasteiger partial charge is 0.418 e. The first kappa shape index (κ1) is 12.6. The molecule has 0 amide bonds. The van der Waals surface area contributed by atoms with Gasteiger partial charge in [0.2, 0.25) is 0 Å². The molecule has 0 aliphatic carbocycles. The van der Waals surface area contributed by atoms with Gasteiger partial charge in [-0.05, 0) is 12.0 Å². The molecule has 0 radical (unpaired) electrons. The maximum absolute atomic E-state index is 12.7. The van der Waals surface area contributed by atoms with Gasteiger partial charge < -0.3 is 10.5 Å². The van der Waals surface area contributed by atoms with E-state index < -0.39 is 11.7 Å². The van der Waals surface area contributed by atoms with Crippen LogP contribution in [0.1, 0.15) is 31.0 Å². The summed E-state index contributed by atoms with van der Waals surface area (Å²) in [6.45, 7) is 3.26. The van der Waals surface area contributed by atoms with Crippen molar-refractivity contribution in [3.8, 4) is 5.75 Å². The van der Waals surface area contributed by atoms with E-state index in [1.807, 2.05) is 0 Å². The summed E-state index contributed by atoms with van der Waals surface area (Å²) in [7, 11) is 1.25. The number of aromatic nitrogens is 1. The first-order valence-corrected chi connectivity index (χ1v) is 4.69. The number of nitrogen functional groups attached to an aromatic ring is 1. The lowest BCUT2D eigenvalue weighted by molar-refractivity contribution is -0.138. The van der Waals surface area contributed by atoms with E-state index in [4.69, 9.17) is 10.5 Å². The molecule has 0 aromatic carbocycles. The second-order valence-corrected chi connectivity index (χ2v) is 3.66. The Hall–Kier alpha value is -1.46. The standard InChI is InChI=1S/C10H13F3N2O/c1-5(2)8-6(10(11,12)13)4-7(16-3)9(14)15-8/h4-5H,1-3H3,(H2,14,15). The number of alkyl halides is 3. The van der Waals surface area contributed by atoms with Crippen molar-refractivity contribution in [1.29, 1.82) is 0 Å². The summed E-state index contributed by atoms with van der Waals surface area (Å²) < 4.78 is 42.9. The van der Waals surface area contributed by atoms with Crippen molar-refractivity contribution in [1.82, 2.24) is 4.98 Å². The molecule has 2 N–H and O–H groups in total. The number of pyridine rings is 1. The van der Waals surface area contributed by atoms with Crippen LogP contribution < -0.4 is 10.5 Å². The van der Waals surface area contributed by atoms with Gasteiger partial charge in [-0.3, -0.25) is 0 Å². The molecule has 0 bridgehead atoms. The van der Waals surface area contributed by atoms with Gasteiger partial charge in [-0.2, -0.15) is 13.2 Å². The summed E-state index contributed by atoms with van der Waals surface area (Å²) in [4.78, 5) is 3.74. The average Bonchev–Trinajstić information content (AvgIpc) is 2.15. The molecule has 1 aromatic heterocycles. The van der Waals surface area contributed by atoms with Crippen LogP contribution in [0.15, 0.2) is 6.07 Å². The lowest BCUT2D eigenvalue weighted by Gasteiger charge is -2.16. The number of anilines is 1. The van der Waals surface area contributed by atoms with Crippen LogP contribution in [0.25, 0.3) is 0 Å². The lowest BCUT2D eigenvalue weighted by Crippen LogP contribution is -2.14. The summed E-state index contributed by atoms with van der Waals surface area (Å²) in [5, 5.41) is 0. The number of methoxy groups -OCH3 is 1. The summed E-state index contributed by atoms with van der Waals surface area (Å²) in [5.74, 6) is -0.444. The van der Waals surface area contributed by atoms with E-state index in [9.17, 15) is 13.2 Å². The fourth-order valence-corrected chi connectivity index (χ4v) is 1.35. The minimum atomic E-state index is -4.45. The highest BCUT2D eigenvalue weighted by Gasteiger charge is 2.36. The Kier molecular flexibility index (Phi) is 3.30. The van der Waals surface area contributed by atoms with Gasteiger partial charge in [-0.1, -0.05) is 13.8 Å². The number of nitrogens with two attached hydrogens (primary N) is 1. The van der Waals surface area contributed by atoms with Crippen LogP contribution in [0.2, 0.25) is 0 Å². The minimum absolute atomic E-state index is 0.0285. The molecular weight excluding hydrogens is 221 g/mol. The SMILES string of the molecule is COc1cc(C(F)(F)F)c(C(C)C)nc1N. The van der Waals surface area contributed by atoms with Gasteiger partial charge in [0.05, 0.1) is 18.4 Å². The van der Waals surface area contributed by atoms with Gasteiger partial charge in [0.1, 0.15) is 0 Å². The fraction of sp³-hybridized carbons (Fsp3) is 0.500. The lowest BCUT2D eigenvalue weighted by atomic mass is 10.0. The molecule has 16 heavy (non-hydrogen) atoms. The van der Waals surface area contributed by atoms with Gasteiger partial charge in [-0.15, -0.1) is 0 Å². The van der Waals surface area contributed by atoms with Gasteiger partial charge in [0, 0.05) is 0 Å². The highest BCUT2D eigenvalue weighted by Crippen LogP contribution is 2.37. The molecular formula is C10H13F3N2O. The molecule has 1 rings (SSSR count). The number of halogens is 3. The zero-order valence-corrected chi connectivity index (χ0v) is 9.22.